The lowest BCUT2D eigenvalue weighted by molar-refractivity contribution is 0.660. The summed E-state index contributed by atoms with van der Waals surface area (Å²) >= 11 is 0. The number of anilines is 3. The second-order valence-corrected chi connectivity index (χ2v) is 13.0. The number of aromatic nitrogens is 1. The predicted octanol–water partition coefficient (Wildman–Crippen LogP) is 12.2. The van der Waals surface area contributed by atoms with Crippen molar-refractivity contribution < 1.29 is 0 Å². The molecule has 2 nitrogen and oxygen atoms in total. The van der Waals surface area contributed by atoms with Gasteiger partial charge < -0.3 is 9.47 Å². The molecule has 0 amide bonds. The Hall–Kier alpha value is -5.86. The number of fused-ring (bicyclic) bond motifs is 6. The molecular formula is C45H34N2. The number of nitrogens with zero attached hydrogens (tertiary/aromatic N) is 2. The van der Waals surface area contributed by atoms with Gasteiger partial charge in [0.2, 0.25) is 0 Å². The van der Waals surface area contributed by atoms with Gasteiger partial charge in [-0.15, -0.1) is 0 Å². The Labute approximate surface area is 275 Å². The topological polar surface area (TPSA) is 8.17 Å². The van der Waals surface area contributed by atoms with Crippen LogP contribution in [0.3, 0.4) is 0 Å². The van der Waals surface area contributed by atoms with Gasteiger partial charge in [-0.3, -0.25) is 0 Å². The zero-order chi connectivity index (χ0) is 31.5. The molecule has 8 aromatic rings. The standard InChI is InChI=1S/C45H34N2/c1-45(2)41-24-14-12-22-36(41)37-27-26-34(30-42(37)45)46(32-18-8-4-9-19-32)35-28-39(31-16-6-3-7-17-31)44-40(29-35)38-23-13-15-25-43(38)47(44)33-20-10-5-11-21-33/h3-30H,1-2H3. The zero-order valence-electron chi connectivity index (χ0n) is 26.6. The summed E-state index contributed by atoms with van der Waals surface area (Å²) in [6.07, 6.45) is 0. The summed E-state index contributed by atoms with van der Waals surface area (Å²) in [7, 11) is 0. The van der Waals surface area contributed by atoms with E-state index in [9.17, 15) is 0 Å². The SMILES string of the molecule is CC1(C)c2ccccc2-c2ccc(N(c3ccccc3)c3cc(-c4ccccc4)c4c(c3)c3ccccc3n4-c3ccccc3)cc21. The minimum atomic E-state index is -0.0907. The summed E-state index contributed by atoms with van der Waals surface area (Å²) in [6, 6.07) is 61.8. The van der Waals surface area contributed by atoms with E-state index in [-0.39, 0.29) is 5.41 Å². The smallest absolute Gasteiger partial charge is 0.0621 e. The Bertz CT molecular complexity index is 2420. The zero-order valence-corrected chi connectivity index (χ0v) is 26.6. The molecule has 0 aliphatic heterocycles. The largest absolute Gasteiger partial charge is 0.310 e. The number of hydrogen-bond acceptors (Lipinski definition) is 1. The van der Waals surface area contributed by atoms with E-state index >= 15 is 0 Å². The van der Waals surface area contributed by atoms with Gasteiger partial charge in [0.1, 0.15) is 0 Å². The molecule has 0 saturated heterocycles. The van der Waals surface area contributed by atoms with Crippen molar-refractivity contribution in [1.29, 1.82) is 0 Å². The average Bonchev–Trinajstić information content (AvgIpc) is 3.58. The van der Waals surface area contributed by atoms with Crippen LogP contribution in [0.1, 0.15) is 25.0 Å². The van der Waals surface area contributed by atoms with Crippen molar-refractivity contribution in [2.45, 2.75) is 19.3 Å². The lowest BCUT2D eigenvalue weighted by Crippen LogP contribution is -2.16. The van der Waals surface area contributed by atoms with Gasteiger partial charge in [0.25, 0.3) is 0 Å². The highest BCUT2D eigenvalue weighted by Gasteiger charge is 2.35. The van der Waals surface area contributed by atoms with Crippen LogP contribution in [0.2, 0.25) is 0 Å². The maximum atomic E-state index is 2.43. The molecule has 1 aliphatic carbocycles. The van der Waals surface area contributed by atoms with Crippen LogP contribution in [0, 0.1) is 0 Å². The van der Waals surface area contributed by atoms with Crippen molar-refractivity contribution in [2.75, 3.05) is 4.90 Å². The fourth-order valence-electron chi connectivity index (χ4n) is 7.75. The molecule has 0 atom stereocenters. The Kier molecular flexibility index (Phi) is 6.20. The molecule has 47 heavy (non-hydrogen) atoms. The summed E-state index contributed by atoms with van der Waals surface area (Å²) in [5, 5.41) is 2.47. The van der Waals surface area contributed by atoms with Crippen LogP contribution in [0.25, 0.3) is 49.7 Å². The molecule has 0 unspecified atom stereocenters. The van der Waals surface area contributed by atoms with Crippen molar-refractivity contribution >= 4 is 38.9 Å². The lowest BCUT2D eigenvalue weighted by atomic mass is 9.82. The number of rotatable bonds is 5. The molecule has 2 heteroatoms. The third-order valence-corrected chi connectivity index (χ3v) is 9.95. The van der Waals surface area contributed by atoms with Gasteiger partial charge in [-0.25, -0.2) is 0 Å². The second kappa shape index (κ2) is 10.6. The van der Waals surface area contributed by atoms with Gasteiger partial charge in [0.05, 0.1) is 11.0 Å². The van der Waals surface area contributed by atoms with Gasteiger partial charge in [-0.05, 0) is 82.4 Å². The van der Waals surface area contributed by atoms with Crippen molar-refractivity contribution in [1.82, 2.24) is 4.57 Å². The molecular weight excluding hydrogens is 569 g/mol. The fourth-order valence-corrected chi connectivity index (χ4v) is 7.75. The number of benzene rings is 7. The number of hydrogen-bond donors (Lipinski definition) is 0. The molecule has 9 rings (SSSR count). The highest BCUT2D eigenvalue weighted by atomic mass is 15.1. The summed E-state index contributed by atoms with van der Waals surface area (Å²) < 4.78 is 2.43. The van der Waals surface area contributed by atoms with Crippen LogP contribution in [0.4, 0.5) is 17.1 Å². The predicted molar refractivity (Wildman–Crippen MR) is 198 cm³/mol. The van der Waals surface area contributed by atoms with Crippen LogP contribution in [-0.4, -0.2) is 4.57 Å². The molecule has 0 spiro atoms. The van der Waals surface area contributed by atoms with E-state index in [2.05, 4.69) is 193 Å². The van der Waals surface area contributed by atoms with Crippen LogP contribution in [0.15, 0.2) is 170 Å². The maximum Gasteiger partial charge on any atom is 0.0621 e. The van der Waals surface area contributed by atoms with Crippen molar-refractivity contribution in [3.8, 4) is 27.9 Å². The summed E-state index contributed by atoms with van der Waals surface area (Å²) in [5.41, 5.74) is 14.7. The van der Waals surface area contributed by atoms with E-state index in [4.69, 9.17) is 0 Å². The third-order valence-electron chi connectivity index (χ3n) is 9.95. The summed E-state index contributed by atoms with van der Waals surface area (Å²) in [5.74, 6) is 0. The quantitative estimate of drug-likeness (QED) is 0.190. The maximum absolute atomic E-state index is 2.43. The van der Waals surface area contributed by atoms with E-state index in [0.29, 0.717) is 0 Å². The Morgan fingerprint density at radius 1 is 0.447 bits per heavy atom. The van der Waals surface area contributed by atoms with E-state index < -0.39 is 0 Å². The van der Waals surface area contributed by atoms with Crippen molar-refractivity contribution in [2.24, 2.45) is 0 Å². The monoisotopic (exact) mass is 602 g/mol. The molecule has 224 valence electrons. The highest BCUT2D eigenvalue weighted by Crippen LogP contribution is 2.51. The molecule has 1 heterocycles. The first-order valence-electron chi connectivity index (χ1n) is 16.4. The molecule has 0 N–H and O–H groups in total. The minimum Gasteiger partial charge on any atom is -0.310 e. The van der Waals surface area contributed by atoms with E-state index in [0.717, 1.165) is 22.7 Å². The van der Waals surface area contributed by atoms with E-state index in [1.54, 1.807) is 0 Å². The molecule has 0 radical (unpaired) electrons. The fraction of sp³-hybridized carbons (Fsp3) is 0.0667. The Morgan fingerprint density at radius 2 is 1.09 bits per heavy atom. The minimum absolute atomic E-state index is 0.0907. The van der Waals surface area contributed by atoms with Crippen LogP contribution < -0.4 is 4.90 Å². The number of para-hydroxylation sites is 3. The van der Waals surface area contributed by atoms with Crippen LogP contribution in [-0.2, 0) is 5.41 Å². The average molecular weight is 603 g/mol. The summed E-state index contributed by atoms with van der Waals surface area (Å²) in [6.45, 7) is 4.71. The first-order chi connectivity index (χ1) is 23.1. The van der Waals surface area contributed by atoms with Gasteiger partial charge in [0.15, 0.2) is 0 Å². The van der Waals surface area contributed by atoms with Gasteiger partial charge >= 0.3 is 0 Å². The van der Waals surface area contributed by atoms with Crippen LogP contribution in [0.5, 0.6) is 0 Å². The third kappa shape index (κ3) is 4.26. The van der Waals surface area contributed by atoms with Gasteiger partial charge in [-0.1, -0.05) is 129 Å². The first kappa shape index (κ1) is 27.5. The molecule has 1 aliphatic rings. The van der Waals surface area contributed by atoms with Gasteiger partial charge in [0, 0.05) is 44.5 Å². The van der Waals surface area contributed by atoms with Crippen LogP contribution >= 0.6 is 0 Å². The first-order valence-corrected chi connectivity index (χ1v) is 16.4. The Morgan fingerprint density at radius 3 is 1.87 bits per heavy atom. The molecule has 1 aromatic heterocycles. The van der Waals surface area contributed by atoms with E-state index in [1.807, 2.05) is 0 Å². The normalized spacial score (nSPS) is 13.1. The molecule has 0 saturated carbocycles. The lowest BCUT2D eigenvalue weighted by Gasteiger charge is -2.29. The second-order valence-electron chi connectivity index (χ2n) is 13.0. The Balaban J connectivity index is 1.35. The highest BCUT2D eigenvalue weighted by molar-refractivity contribution is 6.15. The van der Waals surface area contributed by atoms with Gasteiger partial charge in [-0.2, -0.15) is 0 Å². The van der Waals surface area contributed by atoms with E-state index in [1.165, 1.54) is 55.2 Å². The molecule has 0 bridgehead atoms. The molecule has 7 aromatic carbocycles. The van der Waals surface area contributed by atoms with Crippen molar-refractivity contribution in [3.05, 3.63) is 181 Å². The molecule has 0 fully saturated rings. The summed E-state index contributed by atoms with van der Waals surface area (Å²) in [4.78, 5) is 2.43. The van der Waals surface area contributed by atoms with Crippen molar-refractivity contribution in [3.63, 3.8) is 0 Å².